The van der Waals surface area contributed by atoms with Gasteiger partial charge in [-0.15, -0.1) is 0 Å². The first-order valence-corrected chi connectivity index (χ1v) is 8.30. The summed E-state index contributed by atoms with van der Waals surface area (Å²) >= 11 is 9.03. The number of carbonyl (C=O) groups is 1. The van der Waals surface area contributed by atoms with Gasteiger partial charge in [-0.25, -0.2) is 0 Å². The Morgan fingerprint density at radius 2 is 2.17 bits per heavy atom. The summed E-state index contributed by atoms with van der Waals surface area (Å²) in [6, 6.07) is 0. The van der Waals surface area contributed by atoms with Crippen molar-refractivity contribution in [1.29, 1.82) is 0 Å². The first kappa shape index (κ1) is 18.4. The van der Waals surface area contributed by atoms with Crippen molar-refractivity contribution in [3.05, 3.63) is 37.2 Å². The molecule has 0 radical (unpaired) electrons. The Hall–Kier alpha value is -1.94. The van der Waals surface area contributed by atoms with E-state index < -0.39 is 4.92 Å². The fourth-order valence-corrected chi connectivity index (χ4v) is 2.63. The normalized spacial score (nSPS) is 10.8. The predicted octanol–water partition coefficient (Wildman–Crippen LogP) is 2.23. The highest BCUT2D eigenvalue weighted by molar-refractivity contribution is 9.10. The molecule has 2 aromatic heterocycles. The number of aromatic nitrogens is 4. The fourth-order valence-electron chi connectivity index (χ4n) is 2.05. The molecule has 2 heterocycles. The predicted molar refractivity (Wildman–Crippen MR) is 90.9 cm³/mol. The summed E-state index contributed by atoms with van der Waals surface area (Å²) in [4.78, 5) is 22.2. The highest BCUT2D eigenvalue weighted by atomic mass is 79.9. The molecule has 24 heavy (non-hydrogen) atoms. The van der Waals surface area contributed by atoms with E-state index in [9.17, 15) is 14.9 Å². The molecular formula is C13H16BrClN6O3. The Balaban J connectivity index is 1.81. The molecule has 0 aliphatic rings. The van der Waals surface area contributed by atoms with Crippen molar-refractivity contribution >= 4 is 39.3 Å². The standard InChI is InChI=1S/C13H16BrClN6O3/c1-8-10(15)6-19(17-8)5-3-4-16-11(22)7-20-9(2)12(14)13(18-20)21(23)24/h6H,3-5,7H2,1-2H3,(H,16,22). The maximum absolute atomic E-state index is 11.9. The van der Waals surface area contributed by atoms with Crippen LogP contribution in [0.15, 0.2) is 10.7 Å². The van der Waals surface area contributed by atoms with Gasteiger partial charge in [-0.05, 0) is 41.1 Å². The summed E-state index contributed by atoms with van der Waals surface area (Å²) in [6.45, 7) is 4.49. The Morgan fingerprint density at radius 1 is 1.46 bits per heavy atom. The SMILES string of the molecule is Cc1nn(CCCNC(=O)Cn2nc([N+](=O)[O-])c(Br)c2C)cc1Cl. The summed E-state index contributed by atoms with van der Waals surface area (Å²) in [6.07, 6.45) is 2.42. The maximum atomic E-state index is 11.9. The van der Waals surface area contributed by atoms with Crippen LogP contribution in [-0.2, 0) is 17.9 Å². The van der Waals surface area contributed by atoms with Gasteiger partial charge in [0, 0.05) is 19.3 Å². The van der Waals surface area contributed by atoms with Crippen LogP contribution in [-0.4, -0.2) is 36.9 Å². The van der Waals surface area contributed by atoms with Gasteiger partial charge in [-0.1, -0.05) is 11.6 Å². The minimum atomic E-state index is -0.595. The van der Waals surface area contributed by atoms with Crippen molar-refractivity contribution in [1.82, 2.24) is 24.9 Å². The van der Waals surface area contributed by atoms with Crippen molar-refractivity contribution in [2.45, 2.75) is 33.4 Å². The van der Waals surface area contributed by atoms with Crippen LogP contribution in [0, 0.1) is 24.0 Å². The van der Waals surface area contributed by atoms with E-state index in [1.807, 2.05) is 6.92 Å². The molecule has 0 saturated heterocycles. The number of hydrogen-bond donors (Lipinski definition) is 1. The second-order valence-corrected chi connectivity index (χ2v) is 6.37. The van der Waals surface area contributed by atoms with E-state index in [1.54, 1.807) is 17.8 Å². The molecule has 11 heteroatoms. The third-order valence-corrected chi connectivity index (χ3v) is 4.66. The molecule has 0 aliphatic carbocycles. The molecular weight excluding hydrogens is 404 g/mol. The number of aryl methyl sites for hydroxylation is 2. The van der Waals surface area contributed by atoms with Gasteiger partial charge in [0.1, 0.15) is 11.0 Å². The van der Waals surface area contributed by atoms with E-state index in [0.717, 1.165) is 5.69 Å². The number of nitro groups is 1. The van der Waals surface area contributed by atoms with Crippen molar-refractivity contribution < 1.29 is 9.72 Å². The average molecular weight is 420 g/mol. The molecule has 0 aromatic carbocycles. The lowest BCUT2D eigenvalue weighted by Gasteiger charge is -2.05. The molecule has 0 unspecified atom stereocenters. The average Bonchev–Trinajstić information content (AvgIpc) is 2.98. The zero-order valence-electron chi connectivity index (χ0n) is 13.1. The summed E-state index contributed by atoms with van der Waals surface area (Å²) in [7, 11) is 0. The van der Waals surface area contributed by atoms with Crippen molar-refractivity contribution in [2.75, 3.05) is 6.54 Å². The van der Waals surface area contributed by atoms with E-state index >= 15 is 0 Å². The van der Waals surface area contributed by atoms with Crippen LogP contribution in [0.5, 0.6) is 0 Å². The lowest BCUT2D eigenvalue weighted by Crippen LogP contribution is -2.29. The topological polar surface area (TPSA) is 108 Å². The molecule has 0 atom stereocenters. The van der Waals surface area contributed by atoms with Crippen molar-refractivity contribution in [3.63, 3.8) is 0 Å². The largest absolute Gasteiger partial charge is 0.404 e. The third-order valence-electron chi connectivity index (χ3n) is 3.36. The lowest BCUT2D eigenvalue weighted by molar-refractivity contribution is -0.390. The Bertz CT molecular complexity index is 753. The maximum Gasteiger partial charge on any atom is 0.404 e. The van der Waals surface area contributed by atoms with Gasteiger partial charge in [0.15, 0.2) is 0 Å². The van der Waals surface area contributed by atoms with Gasteiger partial charge in [-0.3, -0.25) is 9.48 Å². The number of rotatable bonds is 7. The summed E-state index contributed by atoms with van der Waals surface area (Å²) in [5, 5.41) is 22.2. The van der Waals surface area contributed by atoms with Gasteiger partial charge in [0.05, 0.1) is 21.5 Å². The molecule has 1 amide bonds. The number of hydrogen-bond acceptors (Lipinski definition) is 5. The minimum absolute atomic E-state index is 0.0784. The Kier molecular flexibility index (Phi) is 5.94. The molecule has 0 bridgehead atoms. The molecule has 9 nitrogen and oxygen atoms in total. The fraction of sp³-hybridized carbons (Fsp3) is 0.462. The minimum Gasteiger partial charge on any atom is -0.358 e. The first-order chi connectivity index (χ1) is 11.3. The summed E-state index contributed by atoms with van der Waals surface area (Å²) < 4.78 is 3.31. The highest BCUT2D eigenvalue weighted by Gasteiger charge is 2.24. The van der Waals surface area contributed by atoms with E-state index in [1.165, 1.54) is 4.68 Å². The Morgan fingerprint density at radius 3 is 2.71 bits per heavy atom. The van der Waals surface area contributed by atoms with Crippen molar-refractivity contribution in [3.8, 4) is 0 Å². The van der Waals surface area contributed by atoms with Gasteiger partial charge < -0.3 is 15.4 Å². The van der Waals surface area contributed by atoms with E-state index in [4.69, 9.17) is 11.6 Å². The van der Waals surface area contributed by atoms with Crippen LogP contribution < -0.4 is 5.32 Å². The van der Waals surface area contributed by atoms with Gasteiger partial charge in [-0.2, -0.15) is 9.78 Å². The molecule has 0 spiro atoms. The molecule has 0 saturated carbocycles. The molecule has 1 N–H and O–H groups in total. The van der Waals surface area contributed by atoms with Gasteiger partial charge >= 0.3 is 5.82 Å². The van der Waals surface area contributed by atoms with E-state index in [2.05, 4.69) is 31.4 Å². The zero-order valence-corrected chi connectivity index (χ0v) is 15.5. The van der Waals surface area contributed by atoms with Crippen LogP contribution in [0.2, 0.25) is 5.02 Å². The van der Waals surface area contributed by atoms with E-state index in [0.29, 0.717) is 30.2 Å². The molecule has 0 aliphatic heterocycles. The highest BCUT2D eigenvalue weighted by Crippen LogP contribution is 2.26. The smallest absolute Gasteiger partial charge is 0.358 e. The second-order valence-electron chi connectivity index (χ2n) is 5.17. The van der Waals surface area contributed by atoms with Crippen LogP contribution in [0.3, 0.4) is 0 Å². The van der Waals surface area contributed by atoms with Crippen LogP contribution in [0.4, 0.5) is 5.82 Å². The zero-order chi connectivity index (χ0) is 17.9. The molecule has 2 aromatic rings. The number of carbonyl (C=O) groups excluding carboxylic acids is 1. The Labute approximate surface area is 151 Å². The van der Waals surface area contributed by atoms with Crippen LogP contribution >= 0.6 is 27.5 Å². The van der Waals surface area contributed by atoms with Gasteiger partial charge in [0.2, 0.25) is 5.91 Å². The number of halogens is 2. The van der Waals surface area contributed by atoms with Crippen molar-refractivity contribution in [2.24, 2.45) is 0 Å². The lowest BCUT2D eigenvalue weighted by atomic mass is 10.4. The van der Waals surface area contributed by atoms with Crippen LogP contribution in [0.1, 0.15) is 17.8 Å². The number of amides is 1. The van der Waals surface area contributed by atoms with Crippen LogP contribution in [0.25, 0.3) is 0 Å². The quantitative estimate of drug-likeness (QED) is 0.420. The van der Waals surface area contributed by atoms with E-state index in [-0.39, 0.29) is 22.7 Å². The summed E-state index contributed by atoms with van der Waals surface area (Å²) in [5.41, 5.74) is 1.29. The number of nitrogens with zero attached hydrogens (tertiary/aromatic N) is 5. The number of nitrogens with one attached hydrogen (secondary N) is 1. The first-order valence-electron chi connectivity index (χ1n) is 7.13. The molecule has 0 fully saturated rings. The third kappa shape index (κ3) is 4.32. The summed E-state index contributed by atoms with van der Waals surface area (Å²) in [5.74, 6) is -0.566. The molecule has 2 rings (SSSR count). The molecule has 130 valence electrons. The second kappa shape index (κ2) is 7.75. The monoisotopic (exact) mass is 418 g/mol. The van der Waals surface area contributed by atoms with Gasteiger partial charge in [0.25, 0.3) is 0 Å².